The van der Waals surface area contributed by atoms with Crippen LogP contribution in [-0.2, 0) is 11.3 Å². The van der Waals surface area contributed by atoms with E-state index in [1.165, 1.54) is 0 Å². The maximum atomic E-state index is 10.7. The van der Waals surface area contributed by atoms with E-state index in [-0.39, 0.29) is 6.54 Å². The van der Waals surface area contributed by atoms with Crippen LogP contribution in [0, 0.1) is 0 Å². The van der Waals surface area contributed by atoms with Crippen LogP contribution in [0.5, 0.6) is 0 Å². The zero-order valence-corrected chi connectivity index (χ0v) is 9.19. The second-order valence-electron chi connectivity index (χ2n) is 3.59. The second-order valence-corrected chi connectivity index (χ2v) is 4.00. The van der Waals surface area contributed by atoms with Gasteiger partial charge in [-0.1, -0.05) is 29.8 Å². The summed E-state index contributed by atoms with van der Waals surface area (Å²) in [5.41, 5.74) is 6.38. The Morgan fingerprint density at radius 3 is 2.88 bits per heavy atom. The van der Waals surface area contributed by atoms with E-state index in [0.29, 0.717) is 5.02 Å². The van der Waals surface area contributed by atoms with Gasteiger partial charge >= 0.3 is 5.97 Å². The first-order valence-electron chi connectivity index (χ1n) is 4.81. The zero-order chi connectivity index (χ0) is 11.7. The summed E-state index contributed by atoms with van der Waals surface area (Å²) in [6.07, 6.45) is 1.70. The van der Waals surface area contributed by atoms with E-state index in [0.717, 1.165) is 10.9 Å². The molecule has 0 saturated heterocycles. The van der Waals surface area contributed by atoms with Crippen molar-refractivity contribution < 1.29 is 9.90 Å². The van der Waals surface area contributed by atoms with E-state index in [9.17, 15) is 4.79 Å². The number of nitrogens with zero attached hydrogens (tertiary/aromatic N) is 1. The molecule has 0 aliphatic carbocycles. The number of hydrogen-bond acceptors (Lipinski definition) is 2. The summed E-state index contributed by atoms with van der Waals surface area (Å²) in [5, 5.41) is 10.3. The molecule has 1 unspecified atom stereocenters. The van der Waals surface area contributed by atoms with Crippen molar-refractivity contribution in [2.75, 3.05) is 0 Å². The highest BCUT2D eigenvalue weighted by atomic mass is 35.5. The predicted octanol–water partition coefficient (Wildman–Crippen LogP) is 1.71. The summed E-state index contributed by atoms with van der Waals surface area (Å²) in [6.45, 7) is 0.211. The number of nitrogens with two attached hydrogens (primary N) is 1. The minimum atomic E-state index is -1.02. The number of rotatable bonds is 3. The van der Waals surface area contributed by atoms with Gasteiger partial charge in [0.1, 0.15) is 6.04 Å². The van der Waals surface area contributed by atoms with Crippen molar-refractivity contribution in [1.82, 2.24) is 4.57 Å². The van der Waals surface area contributed by atoms with Crippen LogP contribution in [0.4, 0.5) is 0 Å². The topological polar surface area (TPSA) is 68.2 Å². The largest absolute Gasteiger partial charge is 0.480 e. The fourth-order valence-electron chi connectivity index (χ4n) is 1.64. The van der Waals surface area contributed by atoms with Crippen LogP contribution < -0.4 is 5.73 Å². The number of hydrogen-bond donors (Lipinski definition) is 2. The van der Waals surface area contributed by atoms with E-state index >= 15 is 0 Å². The molecule has 0 bridgehead atoms. The number of para-hydroxylation sites is 1. The normalized spacial score (nSPS) is 12.9. The van der Waals surface area contributed by atoms with E-state index in [4.69, 9.17) is 22.4 Å². The Balaban J connectivity index is 2.42. The molecule has 3 N–H and O–H groups in total. The average Bonchev–Trinajstić information content (AvgIpc) is 2.57. The number of aromatic nitrogens is 1. The first-order chi connectivity index (χ1) is 7.59. The highest BCUT2D eigenvalue weighted by molar-refractivity contribution is 6.35. The third kappa shape index (κ3) is 1.89. The molecular formula is C11H11ClN2O2. The Morgan fingerprint density at radius 1 is 1.50 bits per heavy atom. The van der Waals surface area contributed by atoms with Gasteiger partial charge < -0.3 is 15.4 Å². The van der Waals surface area contributed by atoms with Crippen molar-refractivity contribution >= 4 is 28.5 Å². The van der Waals surface area contributed by atoms with Gasteiger partial charge in [-0.2, -0.15) is 0 Å². The molecular weight excluding hydrogens is 228 g/mol. The van der Waals surface area contributed by atoms with Crippen molar-refractivity contribution in [3.8, 4) is 0 Å². The number of carboxylic acid groups (broad SMARTS) is 1. The molecule has 0 radical (unpaired) electrons. The molecule has 84 valence electrons. The SMILES string of the molecule is NC(Cn1cc(Cl)c2ccccc21)C(=O)O. The van der Waals surface area contributed by atoms with E-state index in [1.54, 1.807) is 10.8 Å². The molecule has 4 nitrogen and oxygen atoms in total. The fourth-order valence-corrected chi connectivity index (χ4v) is 1.92. The van der Waals surface area contributed by atoms with Gasteiger partial charge in [-0.05, 0) is 6.07 Å². The fraction of sp³-hybridized carbons (Fsp3) is 0.182. The maximum Gasteiger partial charge on any atom is 0.322 e. The van der Waals surface area contributed by atoms with E-state index in [1.807, 2.05) is 24.3 Å². The molecule has 1 atom stereocenters. The monoisotopic (exact) mass is 238 g/mol. The summed E-state index contributed by atoms with van der Waals surface area (Å²) in [7, 11) is 0. The van der Waals surface area contributed by atoms with Gasteiger partial charge in [-0.15, -0.1) is 0 Å². The lowest BCUT2D eigenvalue weighted by molar-refractivity contribution is -0.138. The van der Waals surface area contributed by atoms with Gasteiger partial charge in [0.25, 0.3) is 0 Å². The summed E-state index contributed by atoms with van der Waals surface area (Å²) in [4.78, 5) is 10.7. The Bertz CT molecular complexity index is 536. The minimum Gasteiger partial charge on any atom is -0.480 e. The van der Waals surface area contributed by atoms with Crippen molar-refractivity contribution in [2.24, 2.45) is 5.73 Å². The van der Waals surface area contributed by atoms with Gasteiger partial charge in [0.15, 0.2) is 0 Å². The average molecular weight is 239 g/mol. The van der Waals surface area contributed by atoms with E-state index in [2.05, 4.69) is 0 Å². The molecule has 0 spiro atoms. The molecule has 1 aromatic carbocycles. The van der Waals surface area contributed by atoms with Crippen LogP contribution in [0.1, 0.15) is 0 Å². The number of aliphatic carboxylic acids is 1. The molecule has 2 rings (SSSR count). The molecule has 5 heteroatoms. The lowest BCUT2D eigenvalue weighted by Crippen LogP contribution is -2.34. The van der Waals surface area contributed by atoms with Crippen LogP contribution in [-0.4, -0.2) is 21.7 Å². The molecule has 1 aromatic heterocycles. The number of halogens is 1. The van der Waals surface area contributed by atoms with Crippen molar-refractivity contribution in [1.29, 1.82) is 0 Å². The first-order valence-corrected chi connectivity index (χ1v) is 5.19. The van der Waals surface area contributed by atoms with Gasteiger partial charge in [-0.3, -0.25) is 4.79 Å². The van der Waals surface area contributed by atoms with Gasteiger partial charge in [0.05, 0.1) is 5.02 Å². The van der Waals surface area contributed by atoms with Gasteiger partial charge in [0.2, 0.25) is 0 Å². The van der Waals surface area contributed by atoms with Crippen LogP contribution >= 0.6 is 11.6 Å². The molecule has 0 saturated carbocycles. The second kappa shape index (κ2) is 4.15. The molecule has 0 fully saturated rings. The summed E-state index contributed by atoms with van der Waals surface area (Å²) in [6, 6.07) is 6.61. The summed E-state index contributed by atoms with van der Waals surface area (Å²) in [5.74, 6) is -1.02. The van der Waals surface area contributed by atoms with Crippen LogP contribution in [0.25, 0.3) is 10.9 Å². The van der Waals surface area contributed by atoms with Crippen molar-refractivity contribution in [3.63, 3.8) is 0 Å². The molecule has 0 aliphatic heterocycles. The maximum absolute atomic E-state index is 10.7. The zero-order valence-electron chi connectivity index (χ0n) is 8.43. The third-order valence-electron chi connectivity index (χ3n) is 2.45. The van der Waals surface area contributed by atoms with Crippen molar-refractivity contribution in [2.45, 2.75) is 12.6 Å². The molecule has 2 aromatic rings. The molecule has 1 heterocycles. The highest BCUT2D eigenvalue weighted by Gasteiger charge is 2.14. The molecule has 16 heavy (non-hydrogen) atoms. The molecule has 0 aliphatic rings. The van der Waals surface area contributed by atoms with Crippen LogP contribution in [0.3, 0.4) is 0 Å². The Morgan fingerprint density at radius 2 is 2.19 bits per heavy atom. The lowest BCUT2D eigenvalue weighted by atomic mass is 10.2. The number of benzene rings is 1. The van der Waals surface area contributed by atoms with E-state index < -0.39 is 12.0 Å². The number of carbonyl (C=O) groups is 1. The predicted molar refractivity (Wildman–Crippen MR) is 62.6 cm³/mol. The smallest absolute Gasteiger partial charge is 0.322 e. The van der Waals surface area contributed by atoms with Crippen molar-refractivity contribution in [3.05, 3.63) is 35.5 Å². The quantitative estimate of drug-likeness (QED) is 0.855. The Hall–Kier alpha value is -1.52. The van der Waals surface area contributed by atoms with Crippen LogP contribution in [0.2, 0.25) is 5.02 Å². The number of carboxylic acids is 1. The first kappa shape index (κ1) is 11.0. The lowest BCUT2D eigenvalue weighted by Gasteiger charge is -2.08. The highest BCUT2D eigenvalue weighted by Crippen LogP contribution is 2.25. The summed E-state index contributed by atoms with van der Waals surface area (Å²) < 4.78 is 1.76. The Kier molecular flexibility index (Phi) is 2.85. The summed E-state index contributed by atoms with van der Waals surface area (Å²) >= 11 is 6.03. The third-order valence-corrected chi connectivity index (χ3v) is 2.75. The van der Waals surface area contributed by atoms with Gasteiger partial charge in [0, 0.05) is 23.6 Å². The standard InChI is InChI=1S/C11H11ClN2O2/c12-8-5-14(6-9(13)11(15)16)10-4-2-1-3-7(8)10/h1-5,9H,6,13H2,(H,15,16). The van der Waals surface area contributed by atoms with Gasteiger partial charge in [-0.25, -0.2) is 0 Å². The Labute approximate surface area is 97.2 Å². The number of fused-ring (bicyclic) bond motifs is 1. The molecule has 0 amide bonds. The van der Waals surface area contributed by atoms with Crippen LogP contribution in [0.15, 0.2) is 30.5 Å². The minimum absolute atomic E-state index is 0.211.